The second kappa shape index (κ2) is 14.1. The van der Waals surface area contributed by atoms with Crippen molar-refractivity contribution in [1.29, 1.82) is 0 Å². The number of fused-ring (bicyclic) bond motifs is 4. The van der Waals surface area contributed by atoms with Crippen LogP contribution >= 0.6 is 0 Å². The molecule has 4 heterocycles. The molecule has 0 atom stereocenters. The zero-order chi connectivity index (χ0) is 26.0. The summed E-state index contributed by atoms with van der Waals surface area (Å²) in [4.78, 5) is 2.48. The number of rotatable bonds is 9. The van der Waals surface area contributed by atoms with Gasteiger partial charge >= 0.3 is 0 Å². The molecule has 0 bridgehead atoms. The van der Waals surface area contributed by atoms with Gasteiger partial charge in [-0.1, -0.05) is 12.1 Å². The van der Waals surface area contributed by atoms with Crippen LogP contribution in [0, 0.1) is 0 Å². The lowest BCUT2D eigenvalue weighted by Crippen LogP contribution is -3.00. The van der Waals surface area contributed by atoms with Crippen molar-refractivity contribution in [2.45, 2.75) is 6.42 Å². The van der Waals surface area contributed by atoms with Gasteiger partial charge in [-0.2, -0.15) is 4.57 Å². The van der Waals surface area contributed by atoms with Crippen LogP contribution in [0.1, 0.15) is 6.42 Å². The van der Waals surface area contributed by atoms with Crippen LogP contribution < -0.4 is 62.6 Å². The Balaban J connectivity index is 0.00000185. The van der Waals surface area contributed by atoms with Crippen LogP contribution in [0.2, 0.25) is 0 Å². The molecule has 0 saturated carbocycles. The maximum atomic E-state index is 6.51. The summed E-state index contributed by atoms with van der Waals surface area (Å²) < 4.78 is 27.0. The third-order valence-electron chi connectivity index (χ3n) is 8.24. The van der Waals surface area contributed by atoms with Crippen LogP contribution in [0.5, 0.6) is 5.75 Å². The van der Waals surface area contributed by atoms with Crippen molar-refractivity contribution in [2.24, 2.45) is 7.05 Å². The normalized spacial score (nSPS) is 17.4. The van der Waals surface area contributed by atoms with E-state index in [2.05, 4.69) is 59.2 Å². The lowest BCUT2D eigenvalue weighted by molar-refractivity contribution is -0.916. The van der Waals surface area contributed by atoms with Crippen LogP contribution in [-0.2, 0) is 16.5 Å². The molecule has 10 heteroatoms. The number of nitrogens with zero attached hydrogens (tertiary/aromatic N) is 3. The van der Waals surface area contributed by atoms with Gasteiger partial charge in [-0.3, -0.25) is 4.90 Å². The monoisotopic (exact) mass is 774 g/mol. The second-order valence-electron chi connectivity index (χ2n) is 10.9. The van der Waals surface area contributed by atoms with E-state index in [1.54, 1.807) is 0 Å². The number of aromatic nitrogens is 1. The van der Waals surface area contributed by atoms with Gasteiger partial charge in [0, 0.05) is 25.7 Å². The van der Waals surface area contributed by atoms with E-state index >= 15 is 0 Å². The molecule has 2 aliphatic heterocycles. The Morgan fingerprint density at radius 1 is 0.975 bits per heavy atom. The van der Waals surface area contributed by atoms with Crippen LogP contribution in [0.3, 0.4) is 0 Å². The number of morpholine rings is 2. The van der Waals surface area contributed by atoms with Gasteiger partial charge in [0.15, 0.2) is 0 Å². The standard InChI is InChI=1S/C30H39N4O4.2HI/c1-32-26-7-4-3-6-24(26)28(31-10-5-11-33-12-17-35-18-13-33)30-29(32)25-22-23(8-9-27(25)38-30)37-21-16-34(2)14-19-36-20-15-34;;/h3-4,6-9,22H,5,10-21H2,1-2H3;2*1H/q+1;;/p-1. The van der Waals surface area contributed by atoms with Crippen molar-refractivity contribution in [3.8, 4) is 5.75 Å². The minimum Gasteiger partial charge on any atom is -1.00 e. The van der Waals surface area contributed by atoms with Crippen molar-refractivity contribution in [2.75, 3.05) is 91.2 Å². The summed E-state index contributed by atoms with van der Waals surface area (Å²) in [5.41, 5.74) is 5.11. The van der Waals surface area contributed by atoms with Gasteiger partial charge in [-0.15, -0.1) is 0 Å². The lowest BCUT2D eigenvalue weighted by atomic mass is 10.1. The number of halogens is 2. The van der Waals surface area contributed by atoms with E-state index in [-0.39, 0.29) is 48.0 Å². The Hall–Kier alpha value is -1.45. The topological polar surface area (TPSA) is 60.0 Å². The quantitative estimate of drug-likeness (QED) is 0.0885. The number of hydrogen-bond donors (Lipinski definition) is 1. The summed E-state index contributed by atoms with van der Waals surface area (Å²) in [6.45, 7) is 11.1. The van der Waals surface area contributed by atoms with Crippen molar-refractivity contribution in [1.82, 2.24) is 4.90 Å². The smallest absolute Gasteiger partial charge is 0.261 e. The first-order chi connectivity index (χ1) is 18.6. The summed E-state index contributed by atoms with van der Waals surface area (Å²) in [7, 11) is 4.41. The molecule has 2 aliphatic rings. The molecule has 2 aromatic carbocycles. The summed E-state index contributed by atoms with van der Waals surface area (Å²) >= 11 is 0. The first-order valence-electron chi connectivity index (χ1n) is 14.0. The van der Waals surface area contributed by atoms with E-state index < -0.39 is 0 Å². The highest BCUT2D eigenvalue weighted by molar-refractivity contribution is 6.11. The zero-order valence-electron chi connectivity index (χ0n) is 23.5. The first-order valence-corrected chi connectivity index (χ1v) is 14.0. The number of anilines is 1. The second-order valence-corrected chi connectivity index (χ2v) is 10.9. The van der Waals surface area contributed by atoms with E-state index in [1.807, 2.05) is 12.1 Å². The van der Waals surface area contributed by atoms with Gasteiger partial charge in [0.1, 0.15) is 44.6 Å². The average Bonchev–Trinajstić information content (AvgIpc) is 3.32. The molecule has 218 valence electrons. The summed E-state index contributed by atoms with van der Waals surface area (Å²) in [5.74, 6) is 0.883. The Bertz CT molecular complexity index is 1420. The molecule has 0 unspecified atom stereocenters. The minimum absolute atomic E-state index is 0. The van der Waals surface area contributed by atoms with E-state index in [0.717, 1.165) is 117 Å². The molecule has 2 aromatic heterocycles. The number of quaternary nitrogens is 1. The fourth-order valence-corrected chi connectivity index (χ4v) is 5.78. The van der Waals surface area contributed by atoms with Gasteiger partial charge in [0.25, 0.3) is 5.52 Å². The number of furan rings is 1. The zero-order valence-corrected chi connectivity index (χ0v) is 27.8. The molecule has 4 aromatic rings. The summed E-state index contributed by atoms with van der Waals surface area (Å²) in [6, 6.07) is 14.8. The van der Waals surface area contributed by atoms with Crippen LogP contribution in [0.25, 0.3) is 33.0 Å². The predicted molar refractivity (Wildman–Crippen MR) is 150 cm³/mol. The van der Waals surface area contributed by atoms with E-state index in [4.69, 9.17) is 18.6 Å². The number of hydrogen-bond acceptors (Lipinski definition) is 6. The maximum absolute atomic E-state index is 6.51. The Labute approximate surface area is 270 Å². The molecule has 6 rings (SSSR count). The number of benzene rings is 2. The van der Waals surface area contributed by atoms with E-state index in [1.165, 1.54) is 10.9 Å². The Morgan fingerprint density at radius 2 is 1.73 bits per heavy atom. The third-order valence-corrected chi connectivity index (χ3v) is 8.24. The molecule has 0 aliphatic carbocycles. The predicted octanol–water partition coefficient (Wildman–Crippen LogP) is -2.44. The highest BCUT2D eigenvalue weighted by atomic mass is 127. The Kier molecular flexibility index (Phi) is 11.1. The maximum Gasteiger partial charge on any atom is 0.261 e. The molecule has 40 heavy (non-hydrogen) atoms. The van der Waals surface area contributed by atoms with Crippen LogP contribution in [0.4, 0.5) is 5.69 Å². The van der Waals surface area contributed by atoms with Gasteiger partial charge < -0.3 is 76.4 Å². The van der Waals surface area contributed by atoms with Crippen LogP contribution in [-0.4, -0.2) is 95.3 Å². The molecule has 8 nitrogen and oxygen atoms in total. The number of para-hydroxylation sites is 1. The highest BCUT2D eigenvalue weighted by Crippen LogP contribution is 2.37. The third kappa shape index (κ3) is 6.78. The van der Waals surface area contributed by atoms with Gasteiger partial charge in [0.05, 0.1) is 49.9 Å². The highest BCUT2D eigenvalue weighted by Gasteiger charge is 2.26. The fraction of sp³-hybridized carbons (Fsp3) is 0.500. The number of likely N-dealkylation sites (N-methyl/N-ethyl adjacent to an activating group) is 1. The molecule has 2 saturated heterocycles. The molecule has 2 fully saturated rings. The average molecular weight is 774 g/mol. The van der Waals surface area contributed by atoms with Crippen molar-refractivity contribution < 1.29 is 75.6 Å². The molecular formula is C30H40I2N4O4. The minimum atomic E-state index is 0. The molecule has 0 radical (unpaired) electrons. The Morgan fingerprint density at radius 3 is 2.52 bits per heavy atom. The number of pyridine rings is 1. The van der Waals surface area contributed by atoms with Gasteiger partial charge in [0.2, 0.25) is 11.1 Å². The van der Waals surface area contributed by atoms with Crippen LogP contribution in [0.15, 0.2) is 46.9 Å². The SMILES string of the molecule is C[n+]1c2ccccc2c(NCCCN2CCOCC2)c2oc3ccc(OCC[N+]4(C)CCOCC4)cc3c21.[I-].[I-]. The molecule has 0 spiro atoms. The first kappa shape index (κ1) is 31.5. The van der Waals surface area contributed by atoms with Crippen molar-refractivity contribution in [3.05, 3.63) is 42.5 Å². The molecular weight excluding hydrogens is 734 g/mol. The van der Waals surface area contributed by atoms with Gasteiger partial charge in [-0.25, -0.2) is 0 Å². The summed E-state index contributed by atoms with van der Waals surface area (Å²) in [6.07, 6.45) is 1.07. The van der Waals surface area contributed by atoms with Gasteiger partial charge in [-0.05, 0) is 37.2 Å². The van der Waals surface area contributed by atoms with E-state index in [0.29, 0.717) is 6.61 Å². The lowest BCUT2D eigenvalue weighted by Gasteiger charge is -2.37. The number of ether oxygens (including phenoxy) is 3. The largest absolute Gasteiger partial charge is 1.00 e. The summed E-state index contributed by atoms with van der Waals surface area (Å²) in [5, 5.41) is 5.99. The molecule has 0 amide bonds. The number of nitrogens with one attached hydrogen (secondary N) is 1. The van der Waals surface area contributed by atoms with E-state index in [9.17, 15) is 0 Å². The van der Waals surface area contributed by atoms with Crippen molar-refractivity contribution >= 4 is 38.7 Å². The molecule has 1 N–H and O–H groups in total. The fourth-order valence-electron chi connectivity index (χ4n) is 5.78. The number of aryl methyl sites for hydroxylation is 1. The van der Waals surface area contributed by atoms with Crippen molar-refractivity contribution in [3.63, 3.8) is 0 Å².